The third kappa shape index (κ3) is 4.54. The molecule has 0 saturated carbocycles. The Morgan fingerprint density at radius 2 is 1.90 bits per heavy atom. The van der Waals surface area contributed by atoms with Gasteiger partial charge in [-0.15, -0.1) is 0 Å². The Hall–Kier alpha value is -2.22. The maximum absolute atomic E-state index is 13.4. The van der Waals surface area contributed by atoms with Gasteiger partial charge in [0.05, 0.1) is 30.9 Å². The van der Waals surface area contributed by atoms with E-state index in [4.69, 9.17) is 14.5 Å². The molecule has 31 heavy (non-hydrogen) atoms. The average molecular weight is 425 g/mol. The molecule has 1 N–H and O–H groups in total. The molecule has 5 rings (SSSR count). The minimum Gasteiger partial charge on any atom is -0.381 e. The average Bonchev–Trinajstić information content (AvgIpc) is 3.54. The number of carbonyl (C=O) groups excluding carboxylic acids is 1. The van der Waals surface area contributed by atoms with Crippen molar-refractivity contribution in [2.24, 2.45) is 5.92 Å². The Morgan fingerprint density at radius 3 is 2.68 bits per heavy atom. The van der Waals surface area contributed by atoms with E-state index in [1.807, 2.05) is 30.3 Å². The van der Waals surface area contributed by atoms with Crippen LogP contribution < -0.4 is 10.2 Å². The van der Waals surface area contributed by atoms with Gasteiger partial charge in [0.15, 0.2) is 0 Å². The van der Waals surface area contributed by atoms with Crippen LogP contribution in [0.25, 0.3) is 10.9 Å². The lowest BCUT2D eigenvalue weighted by Crippen LogP contribution is -2.52. The van der Waals surface area contributed by atoms with Crippen molar-refractivity contribution >= 4 is 22.6 Å². The number of morpholine rings is 1. The van der Waals surface area contributed by atoms with Gasteiger partial charge < -0.3 is 19.7 Å². The molecule has 166 valence electrons. The van der Waals surface area contributed by atoms with E-state index in [-0.39, 0.29) is 11.9 Å². The summed E-state index contributed by atoms with van der Waals surface area (Å²) in [7, 11) is 0. The maximum Gasteiger partial charge on any atom is 0.255 e. The smallest absolute Gasteiger partial charge is 0.255 e. The summed E-state index contributed by atoms with van der Waals surface area (Å²) in [6.45, 7) is 7.46. The first-order valence-electron chi connectivity index (χ1n) is 11.6. The molecule has 1 aromatic carbocycles. The van der Waals surface area contributed by atoms with E-state index >= 15 is 0 Å². The summed E-state index contributed by atoms with van der Waals surface area (Å²) >= 11 is 0. The van der Waals surface area contributed by atoms with Crippen molar-refractivity contribution in [1.82, 2.24) is 15.2 Å². The van der Waals surface area contributed by atoms with Gasteiger partial charge in [-0.25, -0.2) is 4.98 Å². The highest BCUT2D eigenvalue weighted by molar-refractivity contribution is 6.02. The van der Waals surface area contributed by atoms with Crippen LogP contribution >= 0.6 is 0 Å². The molecule has 4 heterocycles. The number of carbonyl (C=O) groups is 1. The molecule has 3 fully saturated rings. The number of hydrogen-bond donors (Lipinski definition) is 1. The summed E-state index contributed by atoms with van der Waals surface area (Å²) in [5.74, 6) is 1.24. The molecule has 3 aliphatic rings. The van der Waals surface area contributed by atoms with Gasteiger partial charge in [0, 0.05) is 56.7 Å². The quantitative estimate of drug-likeness (QED) is 0.768. The highest BCUT2D eigenvalue weighted by Crippen LogP contribution is 2.27. The van der Waals surface area contributed by atoms with E-state index in [2.05, 4.69) is 15.1 Å². The zero-order valence-corrected chi connectivity index (χ0v) is 18.1. The largest absolute Gasteiger partial charge is 0.381 e. The van der Waals surface area contributed by atoms with Gasteiger partial charge >= 0.3 is 0 Å². The summed E-state index contributed by atoms with van der Waals surface area (Å²) in [5, 5.41) is 4.26. The second-order valence-electron chi connectivity index (χ2n) is 8.80. The second kappa shape index (κ2) is 9.51. The highest BCUT2D eigenvalue weighted by atomic mass is 16.5. The topological polar surface area (TPSA) is 66.9 Å². The molecule has 0 spiro atoms. The Labute approximate surface area is 183 Å². The van der Waals surface area contributed by atoms with Gasteiger partial charge in [0.1, 0.15) is 5.82 Å². The van der Waals surface area contributed by atoms with E-state index in [0.29, 0.717) is 18.0 Å². The molecule has 1 amide bonds. The number of amides is 1. The van der Waals surface area contributed by atoms with Crippen molar-refractivity contribution in [3.8, 4) is 0 Å². The Morgan fingerprint density at radius 1 is 1.10 bits per heavy atom. The summed E-state index contributed by atoms with van der Waals surface area (Å²) in [6, 6.07) is 10.3. The number of benzene rings is 1. The molecule has 2 unspecified atom stereocenters. The van der Waals surface area contributed by atoms with E-state index in [0.717, 1.165) is 88.6 Å². The van der Waals surface area contributed by atoms with E-state index in [1.54, 1.807) is 0 Å². The molecule has 1 aromatic heterocycles. The van der Waals surface area contributed by atoms with Crippen LogP contribution in [0.2, 0.25) is 0 Å². The summed E-state index contributed by atoms with van der Waals surface area (Å²) in [6.07, 6.45) is 3.35. The van der Waals surface area contributed by atoms with Crippen LogP contribution in [0.3, 0.4) is 0 Å². The van der Waals surface area contributed by atoms with Crippen molar-refractivity contribution < 1.29 is 14.3 Å². The molecule has 3 saturated heterocycles. The molecule has 7 nitrogen and oxygen atoms in total. The van der Waals surface area contributed by atoms with Crippen LogP contribution in [0.4, 0.5) is 5.82 Å². The Kier molecular flexibility index (Phi) is 6.34. The molecule has 2 aromatic rings. The standard InChI is InChI=1S/C24H32N4O3/c29-24(25-16-22(19-7-12-31-17-19)27-10-13-30-14-11-27)20-15-18-5-1-2-6-21(18)26-23(20)28-8-3-4-9-28/h1-2,5-6,15,19,22H,3-4,7-14,16-17H2,(H,25,29). The Balaban J connectivity index is 1.37. The lowest BCUT2D eigenvalue weighted by molar-refractivity contribution is 0.00166. The number of hydrogen-bond acceptors (Lipinski definition) is 6. The normalized spacial score (nSPS) is 23.4. The van der Waals surface area contributed by atoms with Gasteiger partial charge in [0.25, 0.3) is 5.91 Å². The first kappa shape index (κ1) is 20.7. The number of pyridine rings is 1. The van der Waals surface area contributed by atoms with Crippen LogP contribution in [0.15, 0.2) is 30.3 Å². The van der Waals surface area contributed by atoms with Crippen molar-refractivity contribution in [2.45, 2.75) is 25.3 Å². The zero-order chi connectivity index (χ0) is 21.0. The van der Waals surface area contributed by atoms with Crippen LogP contribution in [0.5, 0.6) is 0 Å². The SMILES string of the molecule is O=C(NCC(C1CCOC1)N1CCOCC1)c1cc2ccccc2nc1N1CCCC1. The number of para-hydroxylation sites is 1. The third-order valence-electron chi connectivity index (χ3n) is 6.85. The molecular formula is C24H32N4O3. The summed E-state index contributed by atoms with van der Waals surface area (Å²) < 4.78 is 11.2. The molecule has 2 atom stereocenters. The second-order valence-corrected chi connectivity index (χ2v) is 8.80. The monoisotopic (exact) mass is 424 g/mol. The number of nitrogens with one attached hydrogen (secondary N) is 1. The molecule has 0 aliphatic carbocycles. The number of nitrogens with zero attached hydrogens (tertiary/aromatic N) is 3. The van der Waals surface area contributed by atoms with Gasteiger partial charge in [-0.3, -0.25) is 9.69 Å². The van der Waals surface area contributed by atoms with Crippen molar-refractivity contribution in [1.29, 1.82) is 0 Å². The maximum atomic E-state index is 13.4. The fraction of sp³-hybridized carbons (Fsp3) is 0.583. The first-order chi connectivity index (χ1) is 15.3. The van der Waals surface area contributed by atoms with E-state index < -0.39 is 0 Å². The Bertz CT molecular complexity index is 903. The number of rotatable bonds is 6. The van der Waals surface area contributed by atoms with E-state index in [9.17, 15) is 4.79 Å². The van der Waals surface area contributed by atoms with Gasteiger partial charge in [-0.05, 0) is 31.4 Å². The zero-order valence-electron chi connectivity index (χ0n) is 18.1. The predicted molar refractivity (Wildman–Crippen MR) is 121 cm³/mol. The fourth-order valence-corrected chi connectivity index (χ4v) is 5.09. The van der Waals surface area contributed by atoms with Gasteiger partial charge in [-0.1, -0.05) is 18.2 Å². The lowest BCUT2D eigenvalue weighted by Gasteiger charge is -2.37. The van der Waals surface area contributed by atoms with Crippen LogP contribution in [-0.2, 0) is 9.47 Å². The molecule has 7 heteroatoms. The highest BCUT2D eigenvalue weighted by Gasteiger charge is 2.32. The number of anilines is 1. The lowest BCUT2D eigenvalue weighted by atomic mass is 9.96. The van der Waals surface area contributed by atoms with Crippen LogP contribution in [0.1, 0.15) is 29.6 Å². The van der Waals surface area contributed by atoms with Crippen LogP contribution in [-0.4, -0.2) is 81.0 Å². The van der Waals surface area contributed by atoms with Crippen LogP contribution in [0, 0.1) is 5.92 Å². The van der Waals surface area contributed by atoms with Gasteiger partial charge in [-0.2, -0.15) is 0 Å². The minimum absolute atomic E-state index is 0.0303. The van der Waals surface area contributed by atoms with Gasteiger partial charge in [0.2, 0.25) is 0 Å². The van der Waals surface area contributed by atoms with E-state index in [1.165, 1.54) is 0 Å². The molecular weight excluding hydrogens is 392 g/mol. The summed E-state index contributed by atoms with van der Waals surface area (Å²) in [5.41, 5.74) is 1.62. The third-order valence-corrected chi connectivity index (χ3v) is 6.85. The first-order valence-corrected chi connectivity index (χ1v) is 11.6. The fourth-order valence-electron chi connectivity index (χ4n) is 5.09. The predicted octanol–water partition coefficient (Wildman–Crippen LogP) is 2.30. The molecule has 3 aliphatic heterocycles. The molecule has 0 radical (unpaired) electrons. The van der Waals surface area contributed by atoms with Crippen molar-refractivity contribution in [3.63, 3.8) is 0 Å². The minimum atomic E-state index is -0.0303. The number of aromatic nitrogens is 1. The number of fused-ring (bicyclic) bond motifs is 1. The van der Waals surface area contributed by atoms with Crippen molar-refractivity contribution in [2.75, 3.05) is 64.1 Å². The summed E-state index contributed by atoms with van der Waals surface area (Å²) in [4.78, 5) is 23.0. The molecule has 0 bridgehead atoms. The van der Waals surface area contributed by atoms with Crippen molar-refractivity contribution in [3.05, 3.63) is 35.9 Å². The number of ether oxygens (including phenoxy) is 2.